The smallest absolute Gasteiger partial charge is 0.410 e. The van der Waals surface area contributed by atoms with Crippen molar-refractivity contribution in [3.63, 3.8) is 0 Å². The molecule has 4 heteroatoms. The molecule has 4 nitrogen and oxygen atoms in total. The molecule has 2 atom stereocenters. The van der Waals surface area contributed by atoms with Crippen LogP contribution in [0.2, 0.25) is 0 Å². The van der Waals surface area contributed by atoms with Gasteiger partial charge in [-0.1, -0.05) is 6.08 Å². The molecule has 2 fully saturated rings. The van der Waals surface area contributed by atoms with E-state index in [-0.39, 0.29) is 23.7 Å². The number of fused-ring (bicyclic) bond motifs is 2. The molecule has 1 amide bonds. The first kappa shape index (κ1) is 14.4. The van der Waals surface area contributed by atoms with E-state index in [2.05, 4.69) is 6.58 Å². The van der Waals surface area contributed by atoms with E-state index in [1.54, 1.807) is 0 Å². The maximum atomic E-state index is 12.3. The van der Waals surface area contributed by atoms with E-state index in [0.29, 0.717) is 0 Å². The third-order valence-electron chi connectivity index (χ3n) is 4.06. The number of rotatable bonds is 2. The van der Waals surface area contributed by atoms with Crippen molar-refractivity contribution in [1.29, 1.82) is 0 Å². The molecule has 2 N–H and O–H groups in total. The SMILES string of the molecule is C=CCC1(N)CC2CCC(C1)N2C(=O)OC(C)(C)C. The fourth-order valence-electron chi connectivity index (χ4n) is 3.45. The van der Waals surface area contributed by atoms with Crippen LogP contribution in [0.4, 0.5) is 4.79 Å². The number of amides is 1. The Balaban J connectivity index is 2.07. The number of carbonyl (C=O) groups excluding carboxylic acids is 1. The minimum Gasteiger partial charge on any atom is -0.444 e. The fourth-order valence-corrected chi connectivity index (χ4v) is 3.45. The fraction of sp³-hybridized carbons (Fsp3) is 0.800. The summed E-state index contributed by atoms with van der Waals surface area (Å²) in [7, 11) is 0. The van der Waals surface area contributed by atoms with E-state index >= 15 is 0 Å². The highest BCUT2D eigenvalue weighted by molar-refractivity contribution is 5.69. The molecule has 0 aromatic carbocycles. The van der Waals surface area contributed by atoms with Gasteiger partial charge in [0.15, 0.2) is 0 Å². The number of carbonyl (C=O) groups is 1. The third kappa shape index (κ3) is 3.11. The Labute approximate surface area is 116 Å². The summed E-state index contributed by atoms with van der Waals surface area (Å²) >= 11 is 0. The lowest BCUT2D eigenvalue weighted by Gasteiger charge is -2.44. The van der Waals surface area contributed by atoms with E-state index < -0.39 is 5.60 Å². The minimum absolute atomic E-state index is 0.180. The molecule has 0 aromatic rings. The predicted molar refractivity (Wildman–Crippen MR) is 75.8 cm³/mol. The van der Waals surface area contributed by atoms with E-state index in [0.717, 1.165) is 32.1 Å². The predicted octanol–water partition coefficient (Wildman–Crippen LogP) is 2.82. The second-order valence-electron chi connectivity index (χ2n) is 7.04. The number of nitrogens with zero attached hydrogens (tertiary/aromatic N) is 1. The van der Waals surface area contributed by atoms with E-state index in [9.17, 15) is 4.79 Å². The van der Waals surface area contributed by atoms with Crippen LogP contribution in [0.3, 0.4) is 0 Å². The Hall–Kier alpha value is -1.03. The molecule has 2 heterocycles. The molecule has 2 aliphatic rings. The molecular formula is C15H26N2O2. The highest BCUT2D eigenvalue weighted by Crippen LogP contribution is 2.41. The van der Waals surface area contributed by atoms with Crippen molar-refractivity contribution in [2.75, 3.05) is 0 Å². The van der Waals surface area contributed by atoms with Crippen molar-refractivity contribution < 1.29 is 9.53 Å². The van der Waals surface area contributed by atoms with Gasteiger partial charge in [0.05, 0.1) is 0 Å². The molecule has 0 aliphatic carbocycles. The minimum atomic E-state index is -0.436. The summed E-state index contributed by atoms with van der Waals surface area (Å²) in [5, 5.41) is 0. The monoisotopic (exact) mass is 266 g/mol. The number of hydrogen-bond acceptors (Lipinski definition) is 3. The molecule has 2 unspecified atom stereocenters. The zero-order chi connectivity index (χ0) is 14.3. The van der Waals surface area contributed by atoms with Crippen molar-refractivity contribution in [3.05, 3.63) is 12.7 Å². The summed E-state index contributed by atoms with van der Waals surface area (Å²) in [6.07, 6.45) is 6.33. The molecule has 2 saturated heterocycles. The standard InChI is InChI=1S/C15H26N2O2/c1-5-8-15(16)9-11-6-7-12(10-15)17(11)13(18)19-14(2,3)4/h5,11-12H,1,6-10,16H2,2-4H3. The Morgan fingerprint density at radius 3 is 2.37 bits per heavy atom. The number of nitrogens with two attached hydrogens (primary N) is 1. The lowest BCUT2D eigenvalue weighted by atomic mass is 9.81. The van der Waals surface area contributed by atoms with E-state index in [4.69, 9.17) is 10.5 Å². The quantitative estimate of drug-likeness (QED) is 0.782. The molecule has 0 aromatic heterocycles. The normalized spacial score (nSPS) is 34.2. The van der Waals surface area contributed by atoms with Crippen molar-refractivity contribution in [2.24, 2.45) is 5.73 Å². The van der Waals surface area contributed by atoms with Gasteiger partial charge in [-0.3, -0.25) is 0 Å². The van der Waals surface area contributed by atoms with Gasteiger partial charge in [0.1, 0.15) is 5.60 Å². The molecule has 0 saturated carbocycles. The van der Waals surface area contributed by atoms with Gasteiger partial charge in [0, 0.05) is 17.6 Å². The average Bonchev–Trinajstić information content (AvgIpc) is 2.50. The van der Waals surface area contributed by atoms with Crippen molar-refractivity contribution in [2.45, 2.75) is 76.1 Å². The van der Waals surface area contributed by atoms with Crippen LogP contribution in [0.5, 0.6) is 0 Å². The van der Waals surface area contributed by atoms with Gasteiger partial charge in [-0.05, 0) is 52.9 Å². The Morgan fingerprint density at radius 1 is 1.42 bits per heavy atom. The average molecular weight is 266 g/mol. The van der Waals surface area contributed by atoms with Gasteiger partial charge in [0.25, 0.3) is 0 Å². The Morgan fingerprint density at radius 2 is 1.95 bits per heavy atom. The maximum Gasteiger partial charge on any atom is 0.410 e. The summed E-state index contributed by atoms with van der Waals surface area (Å²) in [6.45, 7) is 9.50. The Bertz CT molecular complexity index is 359. The number of piperidine rings is 1. The van der Waals surface area contributed by atoms with Gasteiger partial charge in [0.2, 0.25) is 0 Å². The van der Waals surface area contributed by atoms with Crippen LogP contribution in [0.15, 0.2) is 12.7 Å². The summed E-state index contributed by atoms with van der Waals surface area (Å²) in [4.78, 5) is 14.2. The summed E-state index contributed by atoms with van der Waals surface area (Å²) in [5.41, 5.74) is 5.81. The van der Waals surface area contributed by atoms with Crippen molar-refractivity contribution >= 4 is 6.09 Å². The van der Waals surface area contributed by atoms with Crippen LogP contribution in [-0.2, 0) is 4.74 Å². The molecule has 0 radical (unpaired) electrons. The zero-order valence-corrected chi connectivity index (χ0v) is 12.3. The molecule has 2 aliphatic heterocycles. The van der Waals surface area contributed by atoms with Gasteiger partial charge in [-0.25, -0.2) is 4.79 Å². The van der Waals surface area contributed by atoms with Gasteiger partial charge in [-0.2, -0.15) is 0 Å². The second-order valence-corrected chi connectivity index (χ2v) is 7.04. The van der Waals surface area contributed by atoms with Crippen LogP contribution >= 0.6 is 0 Å². The first-order chi connectivity index (χ1) is 8.74. The second kappa shape index (κ2) is 4.82. The highest BCUT2D eigenvalue weighted by atomic mass is 16.6. The van der Waals surface area contributed by atoms with Crippen molar-refractivity contribution in [1.82, 2.24) is 4.90 Å². The molecule has 0 spiro atoms. The molecule has 19 heavy (non-hydrogen) atoms. The van der Waals surface area contributed by atoms with Crippen LogP contribution in [0, 0.1) is 0 Å². The molecule has 2 rings (SSSR count). The molecule has 108 valence electrons. The molecule has 2 bridgehead atoms. The number of hydrogen-bond donors (Lipinski definition) is 1. The van der Waals surface area contributed by atoms with E-state index in [1.807, 2.05) is 31.7 Å². The first-order valence-electron chi connectivity index (χ1n) is 7.15. The lowest BCUT2D eigenvalue weighted by Crippen LogP contribution is -2.57. The summed E-state index contributed by atoms with van der Waals surface area (Å²) in [5.74, 6) is 0. The zero-order valence-electron chi connectivity index (χ0n) is 12.3. The van der Waals surface area contributed by atoms with Crippen LogP contribution < -0.4 is 5.73 Å². The van der Waals surface area contributed by atoms with Gasteiger partial charge in [-0.15, -0.1) is 6.58 Å². The largest absolute Gasteiger partial charge is 0.444 e. The van der Waals surface area contributed by atoms with Gasteiger partial charge >= 0.3 is 6.09 Å². The summed E-state index contributed by atoms with van der Waals surface area (Å²) in [6, 6.07) is 0.470. The number of ether oxygens (including phenoxy) is 1. The maximum absolute atomic E-state index is 12.3. The van der Waals surface area contributed by atoms with Crippen LogP contribution in [-0.4, -0.2) is 34.2 Å². The van der Waals surface area contributed by atoms with Crippen molar-refractivity contribution in [3.8, 4) is 0 Å². The topological polar surface area (TPSA) is 55.6 Å². The highest BCUT2D eigenvalue weighted by Gasteiger charge is 2.48. The summed E-state index contributed by atoms with van der Waals surface area (Å²) < 4.78 is 5.51. The Kier molecular flexibility index (Phi) is 3.65. The van der Waals surface area contributed by atoms with Gasteiger partial charge < -0.3 is 15.4 Å². The van der Waals surface area contributed by atoms with Crippen LogP contribution in [0.1, 0.15) is 52.9 Å². The molecular weight excluding hydrogens is 240 g/mol. The lowest BCUT2D eigenvalue weighted by molar-refractivity contribution is -0.000351. The van der Waals surface area contributed by atoms with E-state index in [1.165, 1.54) is 0 Å². The first-order valence-corrected chi connectivity index (χ1v) is 7.15. The van der Waals surface area contributed by atoms with Crippen LogP contribution in [0.25, 0.3) is 0 Å². The third-order valence-corrected chi connectivity index (χ3v) is 4.06.